The fourth-order valence-electron chi connectivity index (χ4n) is 3.87. The smallest absolute Gasteiger partial charge is 0.246 e. The molecule has 0 radical (unpaired) electrons. The summed E-state index contributed by atoms with van der Waals surface area (Å²) in [5, 5.41) is 26.0. The maximum Gasteiger partial charge on any atom is 0.246 e. The van der Waals surface area contributed by atoms with Crippen molar-refractivity contribution in [1.29, 1.82) is 5.26 Å². The molecule has 0 fully saturated rings. The molecular formula is C26H27N7O3. The van der Waals surface area contributed by atoms with Crippen LogP contribution in [0.5, 0.6) is 5.88 Å². The normalized spacial score (nSPS) is 16.2. The zero-order valence-electron chi connectivity index (χ0n) is 20.5. The topological polar surface area (TPSA) is 136 Å². The maximum atomic E-state index is 11.8. The Balaban J connectivity index is 1.63. The summed E-state index contributed by atoms with van der Waals surface area (Å²) in [6.07, 6.45) is 4.67. The number of aliphatic hydroxyl groups is 1. The highest BCUT2D eigenvalue weighted by Crippen LogP contribution is 2.41. The largest absolute Gasteiger partial charge is 0.479 e. The second kappa shape index (κ2) is 10.0. The number of amides is 1. The van der Waals surface area contributed by atoms with Gasteiger partial charge in [0.1, 0.15) is 11.8 Å². The summed E-state index contributed by atoms with van der Waals surface area (Å²) < 4.78 is 5.42. The average molecular weight is 486 g/mol. The third-order valence-corrected chi connectivity index (χ3v) is 6.02. The Morgan fingerprint density at radius 2 is 2.14 bits per heavy atom. The van der Waals surface area contributed by atoms with Crippen molar-refractivity contribution in [2.75, 3.05) is 45.0 Å². The second-order valence-electron chi connectivity index (χ2n) is 8.88. The number of aliphatic hydroxyl groups excluding tert-OH is 1. The first-order valence-electron chi connectivity index (χ1n) is 11.3. The van der Waals surface area contributed by atoms with Gasteiger partial charge < -0.3 is 25.4 Å². The summed E-state index contributed by atoms with van der Waals surface area (Å²) in [5.74, 6) is 0.489. The molecule has 36 heavy (non-hydrogen) atoms. The van der Waals surface area contributed by atoms with Crippen LogP contribution in [0.25, 0.3) is 17.3 Å². The van der Waals surface area contributed by atoms with Crippen LogP contribution in [0.3, 0.4) is 0 Å². The van der Waals surface area contributed by atoms with Gasteiger partial charge >= 0.3 is 0 Å². The van der Waals surface area contributed by atoms with E-state index in [1.807, 2.05) is 13.0 Å². The number of benzene rings is 1. The van der Waals surface area contributed by atoms with Crippen LogP contribution in [0, 0.1) is 11.3 Å². The maximum absolute atomic E-state index is 11.8. The summed E-state index contributed by atoms with van der Waals surface area (Å²) in [4.78, 5) is 26.6. The monoisotopic (exact) mass is 485 g/mol. The number of hydrogen-bond donors (Lipinski definition) is 3. The highest BCUT2D eigenvalue weighted by molar-refractivity contribution is 5.91. The predicted octanol–water partition coefficient (Wildman–Crippen LogP) is 2.94. The first-order valence-corrected chi connectivity index (χ1v) is 11.3. The molecule has 2 aromatic heterocycles. The number of pyridine rings is 1. The molecule has 0 saturated carbocycles. The number of anilines is 3. The van der Waals surface area contributed by atoms with Crippen molar-refractivity contribution in [3.63, 3.8) is 0 Å². The lowest BCUT2D eigenvalue weighted by molar-refractivity contribution is -0.123. The Labute approximate surface area is 209 Å². The summed E-state index contributed by atoms with van der Waals surface area (Å²) in [7, 11) is 4.85. The molecule has 3 N–H and O–H groups in total. The first kappa shape index (κ1) is 24.6. The van der Waals surface area contributed by atoms with Crippen molar-refractivity contribution in [3.8, 4) is 23.2 Å². The van der Waals surface area contributed by atoms with Crippen molar-refractivity contribution >= 4 is 29.3 Å². The van der Waals surface area contributed by atoms with Gasteiger partial charge in [-0.25, -0.2) is 15.0 Å². The van der Waals surface area contributed by atoms with Crippen LogP contribution in [0.2, 0.25) is 0 Å². The number of fused-ring (bicyclic) bond motifs is 1. The van der Waals surface area contributed by atoms with Crippen molar-refractivity contribution in [1.82, 2.24) is 19.9 Å². The van der Waals surface area contributed by atoms with Crippen LogP contribution >= 0.6 is 0 Å². The van der Waals surface area contributed by atoms with E-state index in [1.54, 1.807) is 50.6 Å². The highest BCUT2D eigenvalue weighted by Gasteiger charge is 2.36. The van der Waals surface area contributed by atoms with Crippen molar-refractivity contribution < 1.29 is 14.6 Å². The third kappa shape index (κ3) is 4.82. The Morgan fingerprint density at radius 1 is 1.33 bits per heavy atom. The van der Waals surface area contributed by atoms with Gasteiger partial charge in [-0.05, 0) is 42.0 Å². The Kier molecular flexibility index (Phi) is 6.85. The molecule has 1 amide bonds. The number of carbonyl (C=O) groups excluding carboxylic acids is 1. The van der Waals surface area contributed by atoms with E-state index in [-0.39, 0.29) is 12.5 Å². The fraction of sp³-hybridized carbons (Fsp3) is 0.269. The predicted molar refractivity (Wildman–Crippen MR) is 137 cm³/mol. The quantitative estimate of drug-likeness (QED) is 0.431. The molecule has 3 heterocycles. The summed E-state index contributed by atoms with van der Waals surface area (Å²) in [6, 6.07) is 11.2. The molecule has 0 unspecified atom stereocenters. The van der Waals surface area contributed by atoms with Crippen LogP contribution < -0.4 is 15.4 Å². The standard InChI is InChI=1S/C26H27N7O3/c1-26(15-34)14-29-23-17(13-27)11-16(12-19(23)26)20-9-10-28-25(31-20)32-21-7-5-18(30-24(21)36-4)6-8-22(35)33(2)3/h5-12,29,34H,14-15H2,1-4H3,(H,28,31,32)/b8-6+/t26-/m1/s1. The molecule has 1 atom stereocenters. The van der Waals surface area contributed by atoms with Crippen LogP contribution in [-0.4, -0.2) is 65.2 Å². The minimum absolute atomic E-state index is 0.0425. The van der Waals surface area contributed by atoms with Gasteiger partial charge in [-0.2, -0.15) is 5.26 Å². The number of nitrogens with one attached hydrogen (secondary N) is 2. The van der Waals surface area contributed by atoms with E-state index in [4.69, 9.17) is 4.74 Å². The highest BCUT2D eigenvalue weighted by atomic mass is 16.5. The fourth-order valence-corrected chi connectivity index (χ4v) is 3.87. The van der Waals surface area contributed by atoms with E-state index in [9.17, 15) is 15.2 Å². The minimum atomic E-state index is -0.489. The molecule has 3 aromatic rings. The molecular weight excluding hydrogens is 458 g/mol. The molecule has 0 bridgehead atoms. The van der Waals surface area contributed by atoms with E-state index >= 15 is 0 Å². The minimum Gasteiger partial charge on any atom is -0.479 e. The van der Waals surface area contributed by atoms with Gasteiger partial charge in [0.25, 0.3) is 0 Å². The van der Waals surface area contributed by atoms with Gasteiger partial charge in [-0.1, -0.05) is 6.92 Å². The van der Waals surface area contributed by atoms with E-state index in [0.29, 0.717) is 41.0 Å². The summed E-state index contributed by atoms with van der Waals surface area (Å²) in [6.45, 7) is 2.46. The molecule has 1 aliphatic rings. The number of likely N-dealkylation sites (N-methyl/N-ethyl adjacent to an activating group) is 1. The van der Waals surface area contributed by atoms with Gasteiger partial charge in [-0.15, -0.1) is 0 Å². The molecule has 0 saturated heterocycles. The van der Waals surface area contributed by atoms with E-state index in [1.165, 1.54) is 18.1 Å². The molecule has 10 heteroatoms. The van der Waals surface area contributed by atoms with Crippen molar-refractivity contribution in [2.24, 2.45) is 0 Å². The number of hydrogen-bond acceptors (Lipinski definition) is 9. The molecule has 4 rings (SSSR count). The van der Waals surface area contributed by atoms with Gasteiger partial charge in [0.15, 0.2) is 0 Å². The Hall–Kier alpha value is -4.49. The zero-order valence-corrected chi connectivity index (χ0v) is 20.5. The van der Waals surface area contributed by atoms with Crippen molar-refractivity contribution in [3.05, 3.63) is 59.4 Å². The number of ether oxygens (including phenoxy) is 1. The molecule has 0 spiro atoms. The van der Waals surface area contributed by atoms with Gasteiger partial charge in [0.05, 0.1) is 36.4 Å². The number of aromatic nitrogens is 3. The Morgan fingerprint density at radius 3 is 2.83 bits per heavy atom. The second-order valence-corrected chi connectivity index (χ2v) is 8.88. The lowest BCUT2D eigenvalue weighted by atomic mass is 9.83. The number of nitriles is 1. The van der Waals surface area contributed by atoms with E-state index < -0.39 is 5.41 Å². The SMILES string of the molecule is COc1nc(/C=C/C(=O)N(C)C)ccc1Nc1nccc(-c2cc(C#N)c3c(c2)[C@@](C)(CO)CN3)n1. The van der Waals surface area contributed by atoms with Gasteiger partial charge in [0.2, 0.25) is 17.7 Å². The van der Waals surface area contributed by atoms with E-state index in [2.05, 4.69) is 31.7 Å². The van der Waals surface area contributed by atoms with Crippen LogP contribution in [0.15, 0.2) is 42.6 Å². The Bertz CT molecular complexity index is 1380. The van der Waals surface area contributed by atoms with Crippen LogP contribution in [0.4, 0.5) is 17.3 Å². The molecule has 0 aliphatic carbocycles. The van der Waals surface area contributed by atoms with Gasteiger partial charge in [-0.3, -0.25) is 4.79 Å². The average Bonchev–Trinajstić information content (AvgIpc) is 3.24. The lowest BCUT2D eigenvalue weighted by Crippen LogP contribution is -2.28. The molecule has 1 aromatic carbocycles. The number of nitrogens with zero attached hydrogens (tertiary/aromatic N) is 5. The zero-order chi connectivity index (χ0) is 25.9. The summed E-state index contributed by atoms with van der Waals surface area (Å²) >= 11 is 0. The lowest BCUT2D eigenvalue weighted by Gasteiger charge is -2.21. The number of rotatable bonds is 7. The molecule has 1 aliphatic heterocycles. The van der Waals surface area contributed by atoms with Crippen molar-refractivity contribution in [2.45, 2.75) is 12.3 Å². The molecule has 10 nitrogen and oxygen atoms in total. The number of methoxy groups -OCH3 is 1. The van der Waals surface area contributed by atoms with Gasteiger partial charge in [0, 0.05) is 43.9 Å². The van der Waals surface area contributed by atoms with Crippen LogP contribution in [-0.2, 0) is 10.2 Å². The molecule has 184 valence electrons. The van der Waals surface area contributed by atoms with E-state index in [0.717, 1.165) is 16.8 Å². The number of carbonyl (C=O) groups is 1. The first-order chi connectivity index (χ1) is 17.3. The summed E-state index contributed by atoms with van der Waals surface area (Å²) in [5.41, 5.74) is 4.12. The van der Waals surface area contributed by atoms with Crippen LogP contribution in [0.1, 0.15) is 23.7 Å². The third-order valence-electron chi connectivity index (χ3n) is 6.02.